The van der Waals surface area contributed by atoms with E-state index in [1.165, 1.54) is 0 Å². The molecule has 2 aromatic rings. The Morgan fingerprint density at radius 2 is 1.90 bits per heavy atom. The van der Waals surface area contributed by atoms with Gasteiger partial charge in [0.1, 0.15) is 5.75 Å². The second-order valence-corrected chi connectivity index (χ2v) is 4.57. The third-order valence-corrected chi connectivity index (χ3v) is 3.05. The highest BCUT2D eigenvalue weighted by Gasteiger charge is 2.11. The van der Waals surface area contributed by atoms with Crippen molar-refractivity contribution in [3.63, 3.8) is 0 Å². The molecule has 0 heterocycles. The summed E-state index contributed by atoms with van der Waals surface area (Å²) in [6, 6.07) is 17.1. The number of ether oxygens (including phenoxy) is 1. The standard InChI is InChI=1S/C17H19NO2/c1-3-20-16-11-7-10-15(12-16)17(19)18-13(2)14-8-5-4-6-9-14/h4-13H,3H2,1-2H3,(H,18,19)/t13-/m1/s1. The molecule has 1 amide bonds. The second kappa shape index (κ2) is 6.75. The van der Waals surface area contributed by atoms with Crippen molar-refractivity contribution in [1.29, 1.82) is 0 Å². The summed E-state index contributed by atoms with van der Waals surface area (Å²) < 4.78 is 5.41. The molecule has 1 N–H and O–H groups in total. The molecule has 0 aliphatic heterocycles. The molecule has 0 bridgehead atoms. The highest BCUT2D eigenvalue weighted by molar-refractivity contribution is 5.94. The van der Waals surface area contributed by atoms with E-state index < -0.39 is 0 Å². The predicted molar refractivity (Wildman–Crippen MR) is 79.9 cm³/mol. The Morgan fingerprint density at radius 3 is 2.60 bits per heavy atom. The fourth-order valence-electron chi connectivity index (χ4n) is 2.00. The molecule has 20 heavy (non-hydrogen) atoms. The molecular formula is C17H19NO2. The van der Waals surface area contributed by atoms with Crippen LogP contribution in [0.4, 0.5) is 0 Å². The van der Waals surface area contributed by atoms with Crippen molar-refractivity contribution in [2.45, 2.75) is 19.9 Å². The summed E-state index contributed by atoms with van der Waals surface area (Å²) in [6.45, 7) is 4.48. The molecular weight excluding hydrogens is 250 g/mol. The molecule has 3 heteroatoms. The van der Waals surface area contributed by atoms with Gasteiger partial charge in [0.25, 0.3) is 5.91 Å². The molecule has 0 aliphatic rings. The van der Waals surface area contributed by atoms with Crippen LogP contribution in [0.1, 0.15) is 35.8 Å². The average Bonchev–Trinajstić information content (AvgIpc) is 2.48. The monoisotopic (exact) mass is 269 g/mol. The number of benzene rings is 2. The minimum atomic E-state index is -0.0945. The van der Waals surface area contributed by atoms with Gasteiger partial charge in [0, 0.05) is 5.56 Å². The summed E-state index contributed by atoms with van der Waals surface area (Å²) in [6.07, 6.45) is 0. The van der Waals surface area contributed by atoms with Gasteiger partial charge in [0.05, 0.1) is 12.6 Å². The molecule has 1 atom stereocenters. The lowest BCUT2D eigenvalue weighted by molar-refractivity contribution is 0.0939. The van der Waals surface area contributed by atoms with Crippen LogP contribution < -0.4 is 10.1 Å². The van der Waals surface area contributed by atoms with E-state index in [-0.39, 0.29) is 11.9 Å². The maximum absolute atomic E-state index is 12.2. The van der Waals surface area contributed by atoms with Crippen LogP contribution in [-0.2, 0) is 0 Å². The zero-order valence-electron chi connectivity index (χ0n) is 11.8. The van der Waals surface area contributed by atoms with Gasteiger partial charge >= 0.3 is 0 Å². The largest absolute Gasteiger partial charge is 0.494 e. The minimum absolute atomic E-state index is 0.0283. The van der Waals surface area contributed by atoms with Crippen LogP contribution >= 0.6 is 0 Å². The third-order valence-electron chi connectivity index (χ3n) is 3.05. The highest BCUT2D eigenvalue weighted by Crippen LogP contribution is 2.16. The maximum Gasteiger partial charge on any atom is 0.251 e. The number of rotatable bonds is 5. The number of amides is 1. The normalized spacial score (nSPS) is 11.7. The van der Waals surface area contributed by atoms with E-state index >= 15 is 0 Å². The van der Waals surface area contributed by atoms with Crippen LogP contribution in [0.25, 0.3) is 0 Å². The van der Waals surface area contributed by atoms with E-state index in [2.05, 4.69) is 5.32 Å². The molecule has 104 valence electrons. The Balaban J connectivity index is 2.06. The summed E-state index contributed by atoms with van der Waals surface area (Å²) in [4.78, 5) is 12.2. The predicted octanol–water partition coefficient (Wildman–Crippen LogP) is 3.58. The zero-order chi connectivity index (χ0) is 14.4. The smallest absolute Gasteiger partial charge is 0.251 e. The Labute approximate surface area is 119 Å². The molecule has 0 spiro atoms. The van der Waals surface area contributed by atoms with Crippen molar-refractivity contribution < 1.29 is 9.53 Å². The summed E-state index contributed by atoms with van der Waals surface area (Å²) >= 11 is 0. The molecule has 3 nitrogen and oxygen atoms in total. The van der Waals surface area contributed by atoms with Gasteiger partial charge < -0.3 is 10.1 Å². The van der Waals surface area contributed by atoms with Gasteiger partial charge in [-0.1, -0.05) is 36.4 Å². The van der Waals surface area contributed by atoms with Crippen LogP contribution in [0, 0.1) is 0 Å². The molecule has 0 fully saturated rings. The van der Waals surface area contributed by atoms with E-state index in [9.17, 15) is 4.79 Å². The lowest BCUT2D eigenvalue weighted by Gasteiger charge is -2.14. The van der Waals surface area contributed by atoms with Crippen molar-refractivity contribution in [2.75, 3.05) is 6.61 Å². The molecule has 0 saturated carbocycles. The third kappa shape index (κ3) is 3.60. The van der Waals surface area contributed by atoms with Crippen molar-refractivity contribution in [1.82, 2.24) is 5.32 Å². The van der Waals surface area contributed by atoms with Crippen LogP contribution in [-0.4, -0.2) is 12.5 Å². The molecule has 0 aliphatic carbocycles. The molecule has 2 rings (SSSR count). The number of hydrogen-bond donors (Lipinski definition) is 1. The number of carbonyl (C=O) groups excluding carboxylic acids is 1. The fraction of sp³-hybridized carbons (Fsp3) is 0.235. The average molecular weight is 269 g/mol. The van der Waals surface area contributed by atoms with E-state index in [0.717, 1.165) is 5.56 Å². The molecule has 0 unspecified atom stereocenters. The molecule has 0 saturated heterocycles. The zero-order valence-corrected chi connectivity index (χ0v) is 11.8. The van der Waals surface area contributed by atoms with Gasteiger partial charge in [0.15, 0.2) is 0 Å². The Bertz CT molecular complexity index is 566. The van der Waals surface area contributed by atoms with Crippen molar-refractivity contribution in [3.8, 4) is 5.75 Å². The Hall–Kier alpha value is -2.29. The van der Waals surface area contributed by atoms with E-state index in [1.54, 1.807) is 12.1 Å². The van der Waals surface area contributed by atoms with E-state index in [0.29, 0.717) is 17.9 Å². The van der Waals surface area contributed by atoms with Crippen LogP contribution in [0.3, 0.4) is 0 Å². The topological polar surface area (TPSA) is 38.3 Å². The van der Waals surface area contributed by atoms with E-state index in [4.69, 9.17) is 4.74 Å². The first kappa shape index (κ1) is 14.1. The summed E-state index contributed by atoms with van der Waals surface area (Å²) in [5, 5.41) is 2.99. The van der Waals surface area contributed by atoms with Crippen LogP contribution in [0.15, 0.2) is 54.6 Å². The minimum Gasteiger partial charge on any atom is -0.494 e. The highest BCUT2D eigenvalue weighted by atomic mass is 16.5. The van der Waals surface area contributed by atoms with Gasteiger partial charge in [-0.2, -0.15) is 0 Å². The van der Waals surface area contributed by atoms with Gasteiger partial charge in [-0.05, 0) is 37.6 Å². The van der Waals surface area contributed by atoms with Crippen molar-refractivity contribution in [2.24, 2.45) is 0 Å². The van der Waals surface area contributed by atoms with Gasteiger partial charge in [-0.25, -0.2) is 0 Å². The van der Waals surface area contributed by atoms with E-state index in [1.807, 2.05) is 56.3 Å². The fourth-order valence-corrected chi connectivity index (χ4v) is 2.00. The Morgan fingerprint density at radius 1 is 1.15 bits per heavy atom. The second-order valence-electron chi connectivity index (χ2n) is 4.57. The molecule has 0 radical (unpaired) electrons. The number of hydrogen-bond acceptors (Lipinski definition) is 2. The Kier molecular flexibility index (Phi) is 4.77. The SMILES string of the molecule is CCOc1cccc(C(=O)N[C@H](C)c2ccccc2)c1. The lowest BCUT2D eigenvalue weighted by Crippen LogP contribution is -2.26. The van der Waals surface area contributed by atoms with Crippen molar-refractivity contribution in [3.05, 3.63) is 65.7 Å². The first-order valence-electron chi connectivity index (χ1n) is 6.79. The first-order chi connectivity index (χ1) is 9.70. The number of carbonyl (C=O) groups is 1. The van der Waals surface area contributed by atoms with Crippen LogP contribution in [0.5, 0.6) is 5.75 Å². The summed E-state index contributed by atoms with van der Waals surface area (Å²) in [5.41, 5.74) is 1.69. The first-order valence-corrected chi connectivity index (χ1v) is 6.79. The van der Waals surface area contributed by atoms with Crippen LogP contribution in [0.2, 0.25) is 0 Å². The lowest BCUT2D eigenvalue weighted by atomic mass is 10.1. The number of nitrogens with one attached hydrogen (secondary N) is 1. The summed E-state index contributed by atoms with van der Waals surface area (Å²) in [7, 11) is 0. The quantitative estimate of drug-likeness (QED) is 0.901. The van der Waals surface area contributed by atoms with Gasteiger partial charge in [-0.3, -0.25) is 4.79 Å². The molecule has 2 aromatic carbocycles. The van der Waals surface area contributed by atoms with Gasteiger partial charge in [-0.15, -0.1) is 0 Å². The summed E-state index contributed by atoms with van der Waals surface area (Å²) in [5.74, 6) is 0.621. The molecule has 0 aromatic heterocycles. The van der Waals surface area contributed by atoms with Crippen molar-refractivity contribution >= 4 is 5.91 Å². The maximum atomic E-state index is 12.2. The van der Waals surface area contributed by atoms with Gasteiger partial charge in [0.2, 0.25) is 0 Å².